The molecule has 50 heavy (non-hydrogen) atoms. The number of benzene rings is 4. The number of sulfonamides is 1. The quantitative estimate of drug-likeness (QED) is 0.127. The minimum atomic E-state index is -4.61. The maximum absolute atomic E-state index is 15.2. The monoisotopic (exact) mass is 702 g/mol. The third-order valence-electron chi connectivity index (χ3n) is 8.88. The van der Waals surface area contributed by atoms with Crippen molar-refractivity contribution in [2.24, 2.45) is 0 Å². The average Bonchev–Trinajstić information content (AvgIpc) is 3.62. The Hall–Kier alpha value is -5.30. The van der Waals surface area contributed by atoms with Crippen LogP contribution < -0.4 is 14.4 Å². The maximum Gasteiger partial charge on any atom is 0.273 e. The fraction of sp³-hybridized carbons (Fsp3) is 0.297. The molecule has 11 nitrogen and oxygen atoms in total. The van der Waals surface area contributed by atoms with E-state index in [0.717, 1.165) is 41.6 Å². The van der Waals surface area contributed by atoms with Gasteiger partial charge in [0, 0.05) is 36.2 Å². The first-order chi connectivity index (χ1) is 24.0. The molecule has 1 N–H and O–H groups in total. The third kappa shape index (κ3) is 8.46. The Bertz CT molecular complexity index is 1940. The molecule has 262 valence electrons. The Labute approximate surface area is 290 Å². The zero-order valence-electron chi connectivity index (χ0n) is 27.8. The van der Waals surface area contributed by atoms with E-state index in [-0.39, 0.29) is 35.8 Å². The Balaban J connectivity index is 1.60. The van der Waals surface area contributed by atoms with Crippen LogP contribution in [0.4, 0.5) is 15.8 Å². The Morgan fingerprint density at radius 2 is 1.64 bits per heavy atom. The van der Waals surface area contributed by atoms with Gasteiger partial charge in [0.25, 0.3) is 15.7 Å². The van der Waals surface area contributed by atoms with Crippen molar-refractivity contribution in [1.29, 1.82) is 0 Å². The van der Waals surface area contributed by atoms with Crippen LogP contribution in [0.25, 0.3) is 0 Å². The van der Waals surface area contributed by atoms with Crippen molar-refractivity contribution in [3.63, 3.8) is 0 Å². The zero-order valence-corrected chi connectivity index (χ0v) is 28.6. The molecule has 0 unspecified atom stereocenters. The number of anilines is 1. The molecule has 5 rings (SSSR count). The van der Waals surface area contributed by atoms with Crippen LogP contribution in [0.3, 0.4) is 0 Å². The lowest BCUT2D eigenvalue weighted by atomic mass is 10.0. The predicted octanol–water partition coefficient (Wildman–Crippen LogP) is 5.95. The van der Waals surface area contributed by atoms with E-state index in [1.807, 2.05) is 30.3 Å². The molecular weight excluding hydrogens is 663 g/mol. The Kier molecular flexibility index (Phi) is 11.5. The van der Waals surface area contributed by atoms with Gasteiger partial charge in [-0.05, 0) is 61.7 Å². The molecule has 4 aromatic carbocycles. The normalized spacial score (nSPS) is 13.7. The number of methoxy groups -OCH3 is 1. The largest absolute Gasteiger partial charge is 0.497 e. The summed E-state index contributed by atoms with van der Waals surface area (Å²) in [5.41, 5.74) is 0.815. The summed E-state index contributed by atoms with van der Waals surface area (Å²) < 4.78 is 49.9. The highest BCUT2D eigenvalue weighted by atomic mass is 32.2. The number of carbonyl (C=O) groups is 2. The van der Waals surface area contributed by atoms with Crippen LogP contribution in [0.5, 0.6) is 5.75 Å². The first-order valence-electron chi connectivity index (χ1n) is 16.3. The molecule has 1 saturated carbocycles. The summed E-state index contributed by atoms with van der Waals surface area (Å²) in [4.78, 5) is 40.6. The van der Waals surface area contributed by atoms with Crippen molar-refractivity contribution < 1.29 is 32.1 Å². The number of hydrogen-bond donors (Lipinski definition) is 1. The van der Waals surface area contributed by atoms with E-state index in [9.17, 15) is 28.1 Å². The van der Waals surface area contributed by atoms with Gasteiger partial charge in [-0.1, -0.05) is 67.4 Å². The summed E-state index contributed by atoms with van der Waals surface area (Å²) in [5.74, 6) is -1.38. The highest BCUT2D eigenvalue weighted by molar-refractivity contribution is 7.92. The van der Waals surface area contributed by atoms with Gasteiger partial charge in [0.2, 0.25) is 11.8 Å². The van der Waals surface area contributed by atoms with Crippen molar-refractivity contribution in [2.75, 3.05) is 18.0 Å². The standard InChI is InChI=1S/C37H39FN4O7S/c1-26-16-21-32(23-34(26)42(45)46)50(47,48)41(30-17-19-31(49-2)20-18-30)25-36(43)40(24-28-12-6-9-15-33(28)38)35(22-27-10-4-3-5-11-27)37(44)39-29-13-7-8-14-29/h3-6,9-12,15-21,23,29,35H,7-8,13-14,22,24-25H2,1-2H3,(H,39,44)/t35-/m1/s1. The fourth-order valence-corrected chi connectivity index (χ4v) is 7.52. The number of hydrogen-bond acceptors (Lipinski definition) is 7. The molecule has 1 aliphatic carbocycles. The molecular formula is C37H39FN4O7S. The van der Waals surface area contributed by atoms with Gasteiger partial charge < -0.3 is 15.0 Å². The molecule has 0 bridgehead atoms. The average molecular weight is 703 g/mol. The minimum absolute atomic E-state index is 0.0724. The molecule has 0 saturated heterocycles. The highest BCUT2D eigenvalue weighted by Gasteiger charge is 2.36. The molecule has 0 radical (unpaired) electrons. The summed E-state index contributed by atoms with van der Waals surface area (Å²) in [5, 5.41) is 14.8. The van der Waals surface area contributed by atoms with Crippen LogP contribution >= 0.6 is 0 Å². The van der Waals surface area contributed by atoms with E-state index >= 15 is 4.39 Å². The van der Waals surface area contributed by atoms with E-state index in [4.69, 9.17) is 4.74 Å². The molecule has 1 aliphatic rings. The van der Waals surface area contributed by atoms with Gasteiger partial charge >= 0.3 is 0 Å². The van der Waals surface area contributed by atoms with Crippen LogP contribution in [0.15, 0.2) is 102 Å². The fourth-order valence-electron chi connectivity index (χ4n) is 6.08. The number of carbonyl (C=O) groups excluding carboxylic acids is 2. The number of nitrogens with zero attached hydrogens (tertiary/aromatic N) is 3. The van der Waals surface area contributed by atoms with Gasteiger partial charge in [-0.25, -0.2) is 12.8 Å². The van der Waals surface area contributed by atoms with Crippen LogP contribution in [0.1, 0.15) is 42.4 Å². The molecule has 0 spiro atoms. The Morgan fingerprint density at radius 1 is 0.980 bits per heavy atom. The molecule has 1 atom stereocenters. The SMILES string of the molecule is COc1ccc(N(CC(=O)N(Cc2ccccc2F)[C@H](Cc2ccccc2)C(=O)NC2CCCC2)S(=O)(=O)c2ccc(C)c([N+](=O)[O-])c2)cc1. The number of nitro groups is 1. The van der Waals surface area contributed by atoms with Gasteiger partial charge in [-0.15, -0.1) is 0 Å². The van der Waals surface area contributed by atoms with Gasteiger partial charge in [0.1, 0.15) is 24.2 Å². The maximum atomic E-state index is 15.2. The van der Waals surface area contributed by atoms with Gasteiger partial charge in [0.05, 0.1) is 22.6 Å². The van der Waals surface area contributed by atoms with Crippen molar-refractivity contribution in [3.8, 4) is 5.75 Å². The lowest BCUT2D eigenvalue weighted by molar-refractivity contribution is -0.385. The highest BCUT2D eigenvalue weighted by Crippen LogP contribution is 2.30. The molecule has 0 aliphatic heterocycles. The van der Waals surface area contributed by atoms with Crippen molar-refractivity contribution in [2.45, 2.75) is 62.6 Å². The first kappa shape index (κ1) is 36.0. The van der Waals surface area contributed by atoms with Crippen molar-refractivity contribution in [3.05, 3.63) is 130 Å². The number of aryl methyl sites for hydroxylation is 1. The van der Waals surface area contributed by atoms with Crippen LogP contribution in [0, 0.1) is 22.9 Å². The molecule has 0 aromatic heterocycles. The number of halogens is 1. The van der Waals surface area contributed by atoms with Gasteiger partial charge in [0.15, 0.2) is 0 Å². The minimum Gasteiger partial charge on any atom is -0.497 e. The second-order valence-corrected chi connectivity index (χ2v) is 14.1. The topological polar surface area (TPSA) is 139 Å². The summed E-state index contributed by atoms with van der Waals surface area (Å²) in [6.07, 6.45) is 3.57. The van der Waals surface area contributed by atoms with E-state index in [2.05, 4.69) is 5.32 Å². The number of nitro benzene ring substituents is 1. The second kappa shape index (κ2) is 15.9. The zero-order chi connectivity index (χ0) is 35.8. The van der Waals surface area contributed by atoms with Gasteiger partial charge in [-0.3, -0.25) is 24.0 Å². The van der Waals surface area contributed by atoms with Gasteiger partial charge in [-0.2, -0.15) is 0 Å². The first-order valence-corrected chi connectivity index (χ1v) is 17.7. The number of ether oxygens (including phenoxy) is 1. The lowest BCUT2D eigenvalue weighted by Gasteiger charge is -2.34. The predicted molar refractivity (Wildman–Crippen MR) is 187 cm³/mol. The number of nitrogens with one attached hydrogen (secondary N) is 1. The lowest BCUT2D eigenvalue weighted by Crippen LogP contribution is -2.54. The number of amides is 2. The number of rotatable bonds is 14. The molecule has 0 heterocycles. The van der Waals surface area contributed by atoms with E-state index in [1.54, 1.807) is 6.07 Å². The van der Waals surface area contributed by atoms with Crippen molar-refractivity contribution >= 4 is 33.2 Å². The van der Waals surface area contributed by atoms with Crippen LogP contribution in [0.2, 0.25) is 0 Å². The smallest absolute Gasteiger partial charge is 0.273 e. The van der Waals surface area contributed by atoms with Crippen LogP contribution in [-0.4, -0.2) is 55.8 Å². The molecule has 2 amide bonds. The second-order valence-electron chi connectivity index (χ2n) is 12.2. The van der Waals surface area contributed by atoms with E-state index in [0.29, 0.717) is 5.75 Å². The van der Waals surface area contributed by atoms with Crippen molar-refractivity contribution in [1.82, 2.24) is 10.2 Å². The van der Waals surface area contributed by atoms with Crippen LogP contribution in [-0.2, 0) is 32.6 Å². The molecule has 1 fully saturated rings. The Morgan fingerprint density at radius 3 is 2.28 bits per heavy atom. The summed E-state index contributed by atoms with van der Waals surface area (Å²) in [7, 11) is -3.17. The summed E-state index contributed by atoms with van der Waals surface area (Å²) in [6.45, 7) is 0.365. The van der Waals surface area contributed by atoms with E-state index < -0.39 is 55.7 Å². The molecule has 13 heteroatoms. The summed E-state index contributed by atoms with van der Waals surface area (Å²) >= 11 is 0. The summed E-state index contributed by atoms with van der Waals surface area (Å²) in [6, 6.07) is 23.2. The molecule has 4 aromatic rings. The van der Waals surface area contributed by atoms with E-state index in [1.165, 1.54) is 73.5 Å². The third-order valence-corrected chi connectivity index (χ3v) is 10.6.